The predicted molar refractivity (Wildman–Crippen MR) is 78.7 cm³/mol. The molecule has 2 aromatic rings. The molecule has 0 heterocycles. The van der Waals surface area contributed by atoms with Crippen LogP contribution < -0.4 is 0 Å². The summed E-state index contributed by atoms with van der Waals surface area (Å²) in [5.41, 5.74) is 3.47. The van der Waals surface area contributed by atoms with E-state index in [1.54, 1.807) is 12.1 Å². The molecule has 0 saturated carbocycles. The number of benzene rings is 2. The summed E-state index contributed by atoms with van der Waals surface area (Å²) < 4.78 is 14.5. The molecule has 0 saturated heterocycles. The van der Waals surface area contributed by atoms with Crippen molar-refractivity contribution in [2.75, 3.05) is 0 Å². The van der Waals surface area contributed by atoms with Crippen molar-refractivity contribution in [3.63, 3.8) is 0 Å². The van der Waals surface area contributed by atoms with E-state index in [2.05, 4.69) is 15.9 Å². The zero-order chi connectivity index (χ0) is 14.0. The number of hydrogen-bond acceptors (Lipinski definition) is 1. The second-order valence-electron chi connectivity index (χ2n) is 4.76. The molecular formula is C16H16BrFO. The van der Waals surface area contributed by atoms with Gasteiger partial charge in [-0.05, 0) is 54.3 Å². The molecule has 1 nitrogen and oxygen atoms in total. The summed E-state index contributed by atoms with van der Waals surface area (Å²) in [4.78, 5) is 0. The third kappa shape index (κ3) is 3.23. The highest BCUT2D eigenvalue weighted by atomic mass is 79.9. The minimum Gasteiger partial charge on any atom is -0.388 e. The highest BCUT2D eigenvalue weighted by Gasteiger charge is 2.15. The molecular weight excluding hydrogens is 307 g/mol. The van der Waals surface area contributed by atoms with E-state index in [4.69, 9.17) is 0 Å². The van der Waals surface area contributed by atoms with Crippen LogP contribution in [0.2, 0.25) is 0 Å². The molecule has 2 aromatic carbocycles. The molecule has 0 aliphatic heterocycles. The first-order chi connectivity index (χ1) is 8.99. The highest BCUT2D eigenvalue weighted by Crippen LogP contribution is 2.27. The van der Waals surface area contributed by atoms with Gasteiger partial charge in [-0.3, -0.25) is 0 Å². The van der Waals surface area contributed by atoms with Crippen molar-refractivity contribution in [1.82, 2.24) is 0 Å². The van der Waals surface area contributed by atoms with Gasteiger partial charge in [0.2, 0.25) is 0 Å². The van der Waals surface area contributed by atoms with Crippen LogP contribution >= 0.6 is 15.9 Å². The van der Waals surface area contributed by atoms with E-state index in [0.717, 1.165) is 21.2 Å². The Balaban J connectivity index is 2.31. The summed E-state index contributed by atoms with van der Waals surface area (Å²) in [6, 6.07) is 10.7. The summed E-state index contributed by atoms with van der Waals surface area (Å²) in [6.07, 6.45) is -0.415. The van der Waals surface area contributed by atoms with Gasteiger partial charge in [-0.25, -0.2) is 4.39 Å². The maximum Gasteiger partial charge on any atom is 0.126 e. The molecule has 0 fully saturated rings. The van der Waals surface area contributed by atoms with Gasteiger partial charge in [0.15, 0.2) is 0 Å². The van der Waals surface area contributed by atoms with Gasteiger partial charge in [0.25, 0.3) is 0 Å². The van der Waals surface area contributed by atoms with E-state index < -0.39 is 6.10 Å². The van der Waals surface area contributed by atoms with Crippen LogP contribution in [0.4, 0.5) is 4.39 Å². The molecule has 19 heavy (non-hydrogen) atoms. The van der Waals surface area contributed by atoms with Crippen LogP contribution in [0.1, 0.15) is 28.4 Å². The number of aliphatic hydroxyl groups is 1. The second kappa shape index (κ2) is 5.85. The van der Waals surface area contributed by atoms with Crippen molar-refractivity contribution in [3.05, 3.63) is 68.9 Å². The largest absolute Gasteiger partial charge is 0.388 e. The zero-order valence-electron chi connectivity index (χ0n) is 11.0. The van der Waals surface area contributed by atoms with E-state index in [0.29, 0.717) is 5.56 Å². The van der Waals surface area contributed by atoms with Crippen molar-refractivity contribution in [3.8, 4) is 0 Å². The lowest BCUT2D eigenvalue weighted by Crippen LogP contribution is -2.07. The minimum absolute atomic E-state index is 0.275. The summed E-state index contributed by atoms with van der Waals surface area (Å²) in [7, 11) is 0. The number of aliphatic hydroxyl groups excluding tert-OH is 1. The van der Waals surface area contributed by atoms with Gasteiger partial charge < -0.3 is 5.11 Å². The summed E-state index contributed by atoms with van der Waals surface area (Å²) in [5.74, 6) is -0.284. The van der Waals surface area contributed by atoms with Crippen LogP contribution in [0.25, 0.3) is 0 Å². The summed E-state index contributed by atoms with van der Waals surface area (Å²) in [6.45, 7) is 3.92. The molecule has 0 radical (unpaired) electrons. The first kappa shape index (κ1) is 14.2. The smallest absolute Gasteiger partial charge is 0.126 e. The van der Waals surface area contributed by atoms with E-state index in [-0.39, 0.29) is 12.2 Å². The van der Waals surface area contributed by atoms with Crippen molar-refractivity contribution >= 4 is 15.9 Å². The van der Waals surface area contributed by atoms with Crippen molar-refractivity contribution in [2.24, 2.45) is 0 Å². The Morgan fingerprint density at radius 2 is 1.79 bits per heavy atom. The highest BCUT2D eigenvalue weighted by molar-refractivity contribution is 9.10. The van der Waals surface area contributed by atoms with Gasteiger partial charge in [0.1, 0.15) is 5.82 Å². The third-order valence-electron chi connectivity index (χ3n) is 3.30. The molecule has 2 rings (SSSR count). The fraction of sp³-hybridized carbons (Fsp3) is 0.250. The Morgan fingerprint density at radius 3 is 2.42 bits per heavy atom. The Bertz CT molecular complexity index is 575. The maximum absolute atomic E-state index is 13.7. The molecule has 0 aromatic heterocycles. The average Bonchev–Trinajstić information content (AvgIpc) is 2.33. The average molecular weight is 323 g/mol. The van der Waals surface area contributed by atoms with Crippen LogP contribution in [-0.2, 0) is 6.42 Å². The molecule has 0 aliphatic rings. The number of halogens is 2. The standard InChI is InChI=1S/C16H16BrFO/c1-10-4-3-5-11(2)16(10)15(19)9-12-8-13(17)6-7-14(12)18/h3-8,15,19H,9H2,1-2H3. The molecule has 100 valence electrons. The lowest BCUT2D eigenvalue weighted by atomic mass is 9.94. The Labute approximate surface area is 121 Å². The second-order valence-corrected chi connectivity index (χ2v) is 5.68. The van der Waals surface area contributed by atoms with Gasteiger partial charge >= 0.3 is 0 Å². The molecule has 1 N–H and O–H groups in total. The molecule has 0 bridgehead atoms. The minimum atomic E-state index is -0.690. The van der Waals surface area contributed by atoms with Gasteiger partial charge in [-0.1, -0.05) is 34.1 Å². The van der Waals surface area contributed by atoms with Crippen molar-refractivity contribution in [2.45, 2.75) is 26.4 Å². The van der Waals surface area contributed by atoms with Crippen LogP contribution in [0.5, 0.6) is 0 Å². The summed E-state index contributed by atoms with van der Waals surface area (Å²) in [5, 5.41) is 10.4. The zero-order valence-corrected chi connectivity index (χ0v) is 12.5. The number of hydrogen-bond donors (Lipinski definition) is 1. The molecule has 3 heteroatoms. The number of aryl methyl sites for hydroxylation is 2. The molecule has 0 spiro atoms. The van der Waals surface area contributed by atoms with Crippen LogP contribution in [-0.4, -0.2) is 5.11 Å². The van der Waals surface area contributed by atoms with Gasteiger partial charge in [0, 0.05) is 10.9 Å². The SMILES string of the molecule is Cc1cccc(C)c1C(O)Cc1cc(Br)ccc1F. The van der Waals surface area contributed by atoms with Crippen molar-refractivity contribution < 1.29 is 9.50 Å². The quantitative estimate of drug-likeness (QED) is 0.883. The Hall–Kier alpha value is -1.19. The number of rotatable bonds is 3. The molecule has 1 unspecified atom stereocenters. The van der Waals surface area contributed by atoms with E-state index in [9.17, 15) is 9.50 Å². The first-order valence-electron chi connectivity index (χ1n) is 6.17. The van der Waals surface area contributed by atoms with E-state index in [1.807, 2.05) is 32.0 Å². The topological polar surface area (TPSA) is 20.2 Å². The van der Waals surface area contributed by atoms with Gasteiger partial charge in [0.05, 0.1) is 6.10 Å². The van der Waals surface area contributed by atoms with E-state index in [1.165, 1.54) is 6.07 Å². The lowest BCUT2D eigenvalue weighted by Gasteiger charge is -2.17. The van der Waals surface area contributed by atoms with Crippen LogP contribution in [0, 0.1) is 19.7 Å². The van der Waals surface area contributed by atoms with Crippen molar-refractivity contribution in [1.29, 1.82) is 0 Å². The lowest BCUT2D eigenvalue weighted by molar-refractivity contribution is 0.175. The maximum atomic E-state index is 13.7. The monoisotopic (exact) mass is 322 g/mol. The van der Waals surface area contributed by atoms with E-state index >= 15 is 0 Å². The first-order valence-corrected chi connectivity index (χ1v) is 6.96. The molecule has 0 amide bonds. The molecule has 1 atom stereocenters. The van der Waals surface area contributed by atoms with Gasteiger partial charge in [-0.2, -0.15) is 0 Å². The third-order valence-corrected chi connectivity index (χ3v) is 3.79. The Kier molecular flexibility index (Phi) is 4.38. The Morgan fingerprint density at radius 1 is 1.16 bits per heavy atom. The summed E-state index contributed by atoms with van der Waals surface area (Å²) >= 11 is 3.32. The van der Waals surface area contributed by atoms with Crippen LogP contribution in [0.15, 0.2) is 40.9 Å². The normalized spacial score (nSPS) is 12.5. The fourth-order valence-electron chi connectivity index (χ4n) is 2.36. The fourth-order valence-corrected chi connectivity index (χ4v) is 2.77. The van der Waals surface area contributed by atoms with Crippen LogP contribution in [0.3, 0.4) is 0 Å². The molecule has 0 aliphatic carbocycles. The van der Waals surface area contributed by atoms with Gasteiger partial charge in [-0.15, -0.1) is 0 Å². The predicted octanol–water partition coefficient (Wildman–Crippen LogP) is 4.48.